The minimum Gasteiger partial charge on any atom is -0.388 e. The van der Waals surface area contributed by atoms with Crippen molar-refractivity contribution in [3.63, 3.8) is 0 Å². The number of benzene rings is 3. The van der Waals surface area contributed by atoms with Crippen molar-refractivity contribution in [2.75, 3.05) is 58.2 Å². The molecule has 9 heterocycles. The van der Waals surface area contributed by atoms with Crippen molar-refractivity contribution >= 4 is 99.0 Å². The monoisotopic (exact) mass is 1590 g/mol. The maximum absolute atomic E-state index is 13.4. The number of carbonyl (C=O) groups excluding carboxylic acids is 3. The quantitative estimate of drug-likeness (QED) is 0.0814. The molecule has 31 atom stereocenters. The molecule has 6 unspecified atom stereocenters. The Morgan fingerprint density at radius 3 is 1.10 bits per heavy atom. The van der Waals surface area contributed by atoms with E-state index in [0.29, 0.717) is 52.3 Å². The van der Waals surface area contributed by atoms with Gasteiger partial charge in [-0.25, -0.2) is 13.2 Å². The second kappa shape index (κ2) is 38.2. The van der Waals surface area contributed by atoms with Gasteiger partial charge in [-0.15, -0.1) is 70.1 Å². The highest BCUT2D eigenvalue weighted by Crippen LogP contribution is 2.40. The first-order chi connectivity index (χ1) is 50.1. The van der Waals surface area contributed by atoms with Gasteiger partial charge < -0.3 is 106 Å². The van der Waals surface area contributed by atoms with E-state index in [1.54, 1.807) is 63.8 Å². The van der Waals surface area contributed by atoms with Gasteiger partial charge in [0.1, 0.15) is 125 Å². The summed E-state index contributed by atoms with van der Waals surface area (Å²) in [7, 11) is 0. The zero-order chi connectivity index (χ0) is 75.8. The summed E-state index contributed by atoms with van der Waals surface area (Å²) < 4.78 is 75.7. The lowest BCUT2D eigenvalue weighted by atomic mass is 9.85. The minimum atomic E-state index is -1.43. The van der Waals surface area contributed by atoms with Crippen LogP contribution in [0.4, 0.5) is 13.2 Å². The maximum Gasteiger partial charge on any atom is 0.240 e. The Kier molecular flexibility index (Phi) is 30.5. The molecule has 105 heavy (non-hydrogen) atoms. The molecule has 0 radical (unpaired) electrons. The molecule has 7 saturated heterocycles. The molecule has 3 aromatic carbocycles. The third kappa shape index (κ3) is 19.9. The Morgan fingerprint density at radius 2 is 0.771 bits per heavy atom. The van der Waals surface area contributed by atoms with Crippen molar-refractivity contribution in [1.29, 1.82) is 0 Å². The molecule has 7 fully saturated rings. The van der Waals surface area contributed by atoms with E-state index in [4.69, 9.17) is 63.2 Å². The summed E-state index contributed by atoms with van der Waals surface area (Å²) in [4.78, 5) is 40.0. The number of fused-ring (bicyclic) bond motifs is 3. The highest BCUT2D eigenvalue weighted by Gasteiger charge is 2.54. The fourth-order valence-electron chi connectivity index (χ4n) is 15.5. The van der Waals surface area contributed by atoms with Gasteiger partial charge in [-0.05, 0) is 135 Å². The van der Waals surface area contributed by atoms with Crippen LogP contribution in [0.2, 0.25) is 0 Å². The fraction of sp³-hybridized carbons (Fsp3) is 0.653. The van der Waals surface area contributed by atoms with Crippen LogP contribution in [0, 0.1) is 35.2 Å². The molecule has 24 nitrogen and oxygen atoms in total. The van der Waals surface area contributed by atoms with Gasteiger partial charge in [-0.2, -0.15) is 0 Å². The molecular weight excluding hydrogens is 1500 g/mol. The van der Waals surface area contributed by atoms with Crippen LogP contribution >= 0.6 is 70.1 Å². The minimum absolute atomic E-state index is 0.0331. The number of thioether (sulfide) groups is 3. The van der Waals surface area contributed by atoms with Crippen molar-refractivity contribution in [2.24, 2.45) is 17.8 Å². The lowest BCUT2D eigenvalue weighted by molar-refractivity contribution is -0.205. The molecule has 9 aliphatic heterocycles. The van der Waals surface area contributed by atoms with E-state index in [9.17, 15) is 73.5 Å². The number of aliphatic hydroxyl groups excluding tert-OH is 9. The predicted molar refractivity (Wildman–Crippen MR) is 394 cm³/mol. The van der Waals surface area contributed by atoms with Crippen molar-refractivity contribution < 1.29 is 102 Å². The summed E-state index contributed by atoms with van der Waals surface area (Å²) >= 11 is 22.8. The molecule has 0 saturated carbocycles. The number of halogens is 6. The Bertz CT molecular complexity index is 3160. The molecule has 0 aliphatic carbocycles. The molecule has 3 amide bonds. The molecule has 0 aromatic heterocycles. The van der Waals surface area contributed by atoms with Crippen LogP contribution in [0.25, 0.3) is 11.1 Å². The average molecular weight is 1600 g/mol. The number of hydrogen-bond acceptors (Lipinski definition) is 24. The van der Waals surface area contributed by atoms with Crippen LogP contribution in [0.3, 0.4) is 0 Å². The zero-order valence-corrected chi connectivity index (χ0v) is 63.5. The van der Waals surface area contributed by atoms with Gasteiger partial charge in [0.2, 0.25) is 17.7 Å². The number of amides is 3. The largest absolute Gasteiger partial charge is 0.388 e. The normalized spacial score (nSPS) is 37.8. The molecule has 584 valence electrons. The highest BCUT2D eigenvalue weighted by molar-refractivity contribution is 7.99. The molecule has 12 rings (SSSR count). The van der Waals surface area contributed by atoms with Crippen LogP contribution in [-0.4, -0.2) is 282 Å². The van der Waals surface area contributed by atoms with E-state index in [-0.39, 0.29) is 77.2 Å². The number of nitrogens with one attached hydrogen (secondary N) is 6. The Labute approximate surface area is 636 Å². The molecular formula is C72H98Cl3F3N6O18S3. The number of rotatable bonds is 18. The summed E-state index contributed by atoms with van der Waals surface area (Å²) in [5.74, 6) is -1.50. The number of allylic oxidation sites excluding steroid dienone is 2. The van der Waals surface area contributed by atoms with Gasteiger partial charge in [-0.1, -0.05) is 48.6 Å². The Morgan fingerprint density at radius 1 is 0.457 bits per heavy atom. The number of aliphatic hydroxyl groups is 9. The fourth-order valence-corrected chi connectivity index (χ4v) is 18.2. The van der Waals surface area contributed by atoms with Crippen LogP contribution in [0.1, 0.15) is 69.1 Å². The Balaban J connectivity index is 0.000000169. The van der Waals surface area contributed by atoms with Gasteiger partial charge in [0.05, 0.1) is 65.8 Å². The molecule has 3 aromatic rings. The van der Waals surface area contributed by atoms with E-state index in [2.05, 4.69) is 31.9 Å². The van der Waals surface area contributed by atoms with E-state index in [1.165, 1.54) is 71.7 Å². The lowest BCUT2D eigenvalue weighted by Gasteiger charge is -2.44. The molecule has 9 aliphatic rings. The maximum atomic E-state index is 13.4. The Hall–Kier alpha value is -3.46. The molecule has 0 spiro atoms. The van der Waals surface area contributed by atoms with Crippen molar-refractivity contribution in [3.05, 3.63) is 119 Å². The van der Waals surface area contributed by atoms with Crippen LogP contribution in [-0.2, 0) is 42.8 Å². The summed E-state index contributed by atoms with van der Waals surface area (Å²) in [6.07, 6.45) is -4.49. The van der Waals surface area contributed by atoms with E-state index in [1.807, 2.05) is 24.3 Å². The molecule has 33 heteroatoms. The van der Waals surface area contributed by atoms with Gasteiger partial charge in [0.25, 0.3) is 0 Å². The zero-order valence-electron chi connectivity index (χ0n) is 58.7. The second-order valence-electron chi connectivity index (χ2n) is 28.2. The van der Waals surface area contributed by atoms with E-state index >= 15 is 0 Å². The van der Waals surface area contributed by atoms with Gasteiger partial charge in [0, 0.05) is 44.0 Å². The molecule has 15 N–H and O–H groups in total. The standard InChI is InChI=1S/C24H34ClFN2O6S.2C24H32ClFN2O6S/c3*1-11(25)16(22-19(30)18(29)20(31)24(34-22)35-2)28-23(32)17-21-14(10-27-17)9-13(7-8-33-21)12-3-5-15(26)6-4-12/h3-6,11,13-14,16-22,24,27,29-31H,7-10H2,1-2H3,(H,28,32);2*3-7,11,14,16-22,24,27,29-31H,8-10H2,1-2H3,(H,28,32)/t11-,13-,14-,16+,17-,18+,19?,20+,21+,22+,24?;2*11-,14-,16+,17-,18+,19?,20+,21+,22+,24?/m000/s1. The first kappa shape index (κ1) is 84.0. The lowest BCUT2D eigenvalue weighted by Crippen LogP contribution is -2.65. The SMILES string of the molecule is CSC1O[C@H]([C@H](NC(=O)[C@H]2NC[C@@H]3CC(c4ccc(F)cc4)=CCO[C@H]32)[C@H](C)Cl)C(O)[C@@H](O)[C@H]1O.CSC1O[C@H]([C@H](NC(=O)[C@H]2NC[C@@H]3CC(c4ccc(F)cc4)=CCO[C@H]32)[C@H](C)Cl)C(O)[C@@H](O)[C@H]1O.CSC1O[C@H]([C@H](NC(=O)[C@H]2NC[C@@H]3C[C@@H](c4ccc(F)cc4)CCO[C@H]32)[C@H](C)Cl)C(O)[C@@H](O)[C@H]1O. The van der Waals surface area contributed by atoms with Gasteiger partial charge in [-0.3, -0.25) is 14.4 Å². The summed E-state index contributed by atoms with van der Waals surface area (Å²) in [6, 6.07) is 14.8. The summed E-state index contributed by atoms with van der Waals surface area (Å²) in [5, 5.41) is 110. The number of hydrogen-bond donors (Lipinski definition) is 15. The van der Waals surface area contributed by atoms with E-state index < -0.39 is 142 Å². The third-order valence-electron chi connectivity index (χ3n) is 21.4. The first-order valence-corrected chi connectivity index (χ1v) is 40.5. The van der Waals surface area contributed by atoms with Crippen LogP contribution in [0.5, 0.6) is 0 Å². The highest BCUT2D eigenvalue weighted by atomic mass is 35.5. The average Bonchev–Trinajstić information content (AvgIpc) is 1.70. The number of ether oxygens (including phenoxy) is 6. The topological polar surface area (TPSA) is 361 Å². The summed E-state index contributed by atoms with van der Waals surface area (Å²) in [5.41, 5.74) is 2.68. The number of carbonyl (C=O) groups is 3. The summed E-state index contributed by atoms with van der Waals surface area (Å²) in [6.45, 7) is 7.85. The predicted octanol–water partition coefficient (Wildman–Crippen LogP) is 2.70. The smallest absolute Gasteiger partial charge is 0.240 e. The van der Waals surface area contributed by atoms with Crippen LogP contribution < -0.4 is 31.9 Å². The first-order valence-electron chi connectivity index (χ1n) is 35.3. The van der Waals surface area contributed by atoms with Crippen molar-refractivity contribution in [2.45, 2.75) is 213 Å². The van der Waals surface area contributed by atoms with Gasteiger partial charge >= 0.3 is 0 Å². The van der Waals surface area contributed by atoms with Gasteiger partial charge in [0.15, 0.2) is 0 Å². The third-order valence-corrected chi connectivity index (χ3v) is 24.7. The van der Waals surface area contributed by atoms with E-state index in [0.717, 1.165) is 40.7 Å². The van der Waals surface area contributed by atoms with Crippen molar-refractivity contribution in [3.8, 4) is 0 Å². The van der Waals surface area contributed by atoms with Crippen molar-refractivity contribution in [1.82, 2.24) is 31.9 Å². The second-order valence-corrected chi connectivity index (χ2v) is 33.1. The van der Waals surface area contributed by atoms with Crippen LogP contribution in [0.15, 0.2) is 84.9 Å². The number of alkyl halides is 3. The molecule has 0 bridgehead atoms.